The number of unbranched alkanes of at least 4 members (excludes halogenated alkanes) is 1. The maximum Gasteiger partial charge on any atom is 0.241 e. The molecule has 0 fully saturated rings. The van der Waals surface area contributed by atoms with Gasteiger partial charge in [0.05, 0.1) is 0 Å². The third kappa shape index (κ3) is 3.13. The SMILES string of the molecule is CCCCNc1nc(Cl)nc(-n2ccnc2)n1. The second-order valence-corrected chi connectivity index (χ2v) is 3.82. The molecule has 2 aromatic rings. The summed E-state index contributed by atoms with van der Waals surface area (Å²) in [6.07, 6.45) is 7.19. The van der Waals surface area contributed by atoms with Gasteiger partial charge >= 0.3 is 0 Å². The Kier molecular flexibility index (Phi) is 3.87. The van der Waals surface area contributed by atoms with Crippen LogP contribution in [0.3, 0.4) is 0 Å². The van der Waals surface area contributed by atoms with E-state index < -0.39 is 0 Å². The summed E-state index contributed by atoms with van der Waals surface area (Å²) in [5, 5.41) is 3.28. The second kappa shape index (κ2) is 5.58. The molecule has 1 N–H and O–H groups in total. The van der Waals surface area contributed by atoms with Gasteiger partial charge in [0, 0.05) is 18.9 Å². The zero-order chi connectivity index (χ0) is 12.1. The average molecular weight is 253 g/mol. The Labute approximate surface area is 104 Å². The Morgan fingerprint density at radius 2 is 2.24 bits per heavy atom. The van der Waals surface area contributed by atoms with E-state index in [0.717, 1.165) is 19.4 Å². The minimum Gasteiger partial charge on any atom is -0.354 e. The first-order chi connectivity index (χ1) is 8.29. The standard InChI is InChI=1S/C10H13ClN6/c1-2-3-4-13-9-14-8(11)15-10(16-9)17-6-5-12-7-17/h5-7H,2-4H2,1H3,(H,13,14,15,16). The zero-order valence-electron chi connectivity index (χ0n) is 9.47. The molecule has 90 valence electrons. The van der Waals surface area contributed by atoms with E-state index in [0.29, 0.717) is 11.9 Å². The highest BCUT2D eigenvalue weighted by Crippen LogP contribution is 2.09. The number of nitrogens with one attached hydrogen (secondary N) is 1. The van der Waals surface area contributed by atoms with Crippen LogP contribution in [0.25, 0.3) is 5.95 Å². The number of hydrogen-bond donors (Lipinski definition) is 1. The summed E-state index contributed by atoms with van der Waals surface area (Å²) in [7, 11) is 0. The molecule has 6 nitrogen and oxygen atoms in total. The van der Waals surface area contributed by atoms with E-state index in [-0.39, 0.29) is 5.28 Å². The summed E-state index contributed by atoms with van der Waals surface area (Å²) in [6.45, 7) is 2.94. The highest BCUT2D eigenvalue weighted by Gasteiger charge is 2.05. The normalized spacial score (nSPS) is 10.5. The fourth-order valence-corrected chi connectivity index (χ4v) is 1.44. The largest absolute Gasteiger partial charge is 0.354 e. The summed E-state index contributed by atoms with van der Waals surface area (Å²) >= 11 is 5.84. The lowest BCUT2D eigenvalue weighted by molar-refractivity contribution is 0.817. The van der Waals surface area contributed by atoms with Gasteiger partial charge in [-0.25, -0.2) is 4.98 Å². The van der Waals surface area contributed by atoms with E-state index in [2.05, 4.69) is 32.2 Å². The van der Waals surface area contributed by atoms with Crippen LogP contribution in [0.4, 0.5) is 5.95 Å². The lowest BCUT2D eigenvalue weighted by Gasteiger charge is -2.06. The molecular weight excluding hydrogens is 240 g/mol. The van der Waals surface area contributed by atoms with E-state index >= 15 is 0 Å². The number of imidazole rings is 1. The second-order valence-electron chi connectivity index (χ2n) is 3.48. The first-order valence-corrected chi connectivity index (χ1v) is 5.81. The summed E-state index contributed by atoms with van der Waals surface area (Å²) in [6, 6.07) is 0. The fraction of sp³-hybridized carbons (Fsp3) is 0.400. The van der Waals surface area contributed by atoms with Crippen LogP contribution in [0, 0.1) is 0 Å². The van der Waals surface area contributed by atoms with Crippen LogP contribution in [0.1, 0.15) is 19.8 Å². The van der Waals surface area contributed by atoms with Crippen molar-refractivity contribution in [3.8, 4) is 5.95 Å². The molecule has 0 aromatic carbocycles. The number of aromatic nitrogens is 5. The van der Waals surface area contributed by atoms with Crippen molar-refractivity contribution in [3.05, 3.63) is 24.0 Å². The topological polar surface area (TPSA) is 68.5 Å². The van der Waals surface area contributed by atoms with Crippen molar-refractivity contribution in [2.45, 2.75) is 19.8 Å². The Morgan fingerprint density at radius 1 is 1.35 bits per heavy atom. The van der Waals surface area contributed by atoms with E-state index in [1.54, 1.807) is 23.3 Å². The van der Waals surface area contributed by atoms with Crippen LogP contribution < -0.4 is 5.32 Å². The Bertz CT molecular complexity index is 470. The van der Waals surface area contributed by atoms with E-state index in [1.165, 1.54) is 0 Å². The lowest BCUT2D eigenvalue weighted by atomic mass is 10.3. The summed E-state index contributed by atoms with van der Waals surface area (Å²) in [5.74, 6) is 0.948. The van der Waals surface area contributed by atoms with Gasteiger partial charge in [0.25, 0.3) is 0 Å². The third-order valence-corrected chi connectivity index (χ3v) is 2.31. The van der Waals surface area contributed by atoms with Crippen LogP contribution >= 0.6 is 11.6 Å². The number of nitrogens with zero attached hydrogens (tertiary/aromatic N) is 5. The molecule has 17 heavy (non-hydrogen) atoms. The van der Waals surface area contributed by atoms with E-state index in [1.807, 2.05) is 0 Å². The molecule has 2 heterocycles. The quantitative estimate of drug-likeness (QED) is 0.824. The molecule has 0 saturated carbocycles. The third-order valence-electron chi connectivity index (χ3n) is 2.15. The van der Waals surface area contributed by atoms with Gasteiger partial charge in [-0.15, -0.1) is 0 Å². The highest BCUT2D eigenvalue weighted by molar-refractivity contribution is 6.28. The summed E-state index contributed by atoms with van der Waals surface area (Å²) in [5.41, 5.74) is 0. The summed E-state index contributed by atoms with van der Waals surface area (Å²) in [4.78, 5) is 16.2. The Balaban J connectivity index is 2.18. The van der Waals surface area contributed by atoms with Crippen molar-refractivity contribution in [3.63, 3.8) is 0 Å². The molecule has 2 aromatic heterocycles. The van der Waals surface area contributed by atoms with Crippen molar-refractivity contribution in [2.75, 3.05) is 11.9 Å². The van der Waals surface area contributed by atoms with Gasteiger partial charge in [-0.1, -0.05) is 13.3 Å². The van der Waals surface area contributed by atoms with Crippen molar-refractivity contribution in [1.82, 2.24) is 24.5 Å². The van der Waals surface area contributed by atoms with Crippen LogP contribution in [-0.2, 0) is 0 Å². The molecule has 2 rings (SSSR count). The van der Waals surface area contributed by atoms with Gasteiger partial charge in [0.2, 0.25) is 17.2 Å². The average Bonchev–Trinajstić information content (AvgIpc) is 2.82. The molecule has 0 radical (unpaired) electrons. The molecule has 0 aliphatic heterocycles. The number of anilines is 1. The van der Waals surface area contributed by atoms with Gasteiger partial charge in [0.15, 0.2) is 0 Å². The van der Waals surface area contributed by atoms with Crippen molar-refractivity contribution < 1.29 is 0 Å². The molecule has 0 aliphatic rings. The van der Waals surface area contributed by atoms with Crippen molar-refractivity contribution >= 4 is 17.5 Å². The molecule has 0 bridgehead atoms. The van der Waals surface area contributed by atoms with Gasteiger partial charge < -0.3 is 5.32 Å². The molecule has 7 heteroatoms. The number of halogens is 1. The van der Waals surface area contributed by atoms with Gasteiger partial charge in [-0.3, -0.25) is 4.57 Å². The Hall–Kier alpha value is -1.69. The number of hydrogen-bond acceptors (Lipinski definition) is 5. The molecule has 0 aliphatic carbocycles. The van der Waals surface area contributed by atoms with Gasteiger partial charge in [-0.2, -0.15) is 15.0 Å². The zero-order valence-corrected chi connectivity index (χ0v) is 10.2. The molecule has 0 atom stereocenters. The minimum atomic E-state index is 0.169. The maximum absolute atomic E-state index is 5.84. The monoisotopic (exact) mass is 252 g/mol. The molecule has 0 saturated heterocycles. The predicted octanol–water partition coefficient (Wildman–Crippen LogP) is 1.92. The van der Waals surface area contributed by atoms with E-state index in [4.69, 9.17) is 11.6 Å². The predicted molar refractivity (Wildman–Crippen MR) is 65.4 cm³/mol. The molecule has 0 unspecified atom stereocenters. The molecule has 0 amide bonds. The minimum absolute atomic E-state index is 0.169. The molecule has 0 spiro atoms. The smallest absolute Gasteiger partial charge is 0.241 e. The van der Waals surface area contributed by atoms with Crippen LogP contribution in [0.2, 0.25) is 5.28 Å². The van der Waals surface area contributed by atoms with Gasteiger partial charge in [0.1, 0.15) is 6.33 Å². The van der Waals surface area contributed by atoms with Crippen LogP contribution in [0.15, 0.2) is 18.7 Å². The number of rotatable bonds is 5. The van der Waals surface area contributed by atoms with Gasteiger partial charge in [-0.05, 0) is 18.0 Å². The Morgan fingerprint density at radius 3 is 2.94 bits per heavy atom. The lowest BCUT2D eigenvalue weighted by Crippen LogP contribution is -2.09. The van der Waals surface area contributed by atoms with E-state index in [9.17, 15) is 0 Å². The van der Waals surface area contributed by atoms with Crippen LogP contribution in [0.5, 0.6) is 0 Å². The van der Waals surface area contributed by atoms with Crippen molar-refractivity contribution in [2.24, 2.45) is 0 Å². The molecular formula is C10H13ClN6. The van der Waals surface area contributed by atoms with Crippen molar-refractivity contribution in [1.29, 1.82) is 0 Å². The maximum atomic E-state index is 5.84. The van der Waals surface area contributed by atoms with Crippen LogP contribution in [-0.4, -0.2) is 31.0 Å². The fourth-order valence-electron chi connectivity index (χ4n) is 1.29. The highest BCUT2D eigenvalue weighted by atomic mass is 35.5. The summed E-state index contributed by atoms with van der Waals surface area (Å²) < 4.78 is 1.68. The first-order valence-electron chi connectivity index (χ1n) is 5.43. The first kappa shape index (κ1) is 11.8.